The molecule has 0 fully saturated rings. The molecule has 1 heterocycles. The highest BCUT2D eigenvalue weighted by Crippen LogP contribution is 2.34. The average Bonchev–Trinajstić information content (AvgIpc) is 2.67. The van der Waals surface area contributed by atoms with Gasteiger partial charge in [0.1, 0.15) is 0 Å². The molecule has 92 valence electrons. The molecule has 17 heavy (non-hydrogen) atoms. The fourth-order valence-corrected chi connectivity index (χ4v) is 3.80. The van der Waals surface area contributed by atoms with E-state index in [9.17, 15) is 9.59 Å². The largest absolute Gasteiger partial charge is 0.481 e. The molecule has 0 aliphatic heterocycles. The van der Waals surface area contributed by atoms with Crippen molar-refractivity contribution in [1.29, 1.82) is 0 Å². The standard InChI is InChI=1S/C10H11NO4S2/c12-8(13)4-16-10-11-6-2-1-5(9(14)15)3-7(6)17-10/h5H,1-4H2,(H,12,13)(H,14,15)/t5-/m0/s1. The smallest absolute Gasteiger partial charge is 0.313 e. The number of fused-ring (bicyclic) bond motifs is 1. The zero-order chi connectivity index (χ0) is 12.4. The summed E-state index contributed by atoms with van der Waals surface area (Å²) in [6.45, 7) is 0. The predicted octanol–water partition coefficient (Wildman–Crippen LogP) is 1.51. The average molecular weight is 273 g/mol. The van der Waals surface area contributed by atoms with Gasteiger partial charge in [0.25, 0.3) is 0 Å². The Kier molecular flexibility index (Phi) is 3.68. The minimum absolute atomic E-state index is 0.00521. The Morgan fingerprint density at radius 2 is 2.24 bits per heavy atom. The molecule has 0 saturated carbocycles. The van der Waals surface area contributed by atoms with Crippen molar-refractivity contribution in [3.05, 3.63) is 10.6 Å². The first-order valence-electron chi connectivity index (χ1n) is 5.12. The van der Waals surface area contributed by atoms with Crippen LogP contribution in [-0.4, -0.2) is 32.9 Å². The molecule has 2 rings (SSSR count). The molecule has 2 N–H and O–H groups in total. The van der Waals surface area contributed by atoms with E-state index in [4.69, 9.17) is 10.2 Å². The molecule has 0 spiro atoms. The number of nitrogens with zero attached hydrogens (tertiary/aromatic N) is 1. The second-order valence-corrected chi connectivity index (χ2v) is 6.12. The SMILES string of the molecule is O=C(O)CSc1nc2c(s1)C[C@@H](C(=O)O)CC2. The molecule has 0 radical (unpaired) electrons. The molecule has 0 saturated heterocycles. The Labute approximate surface area is 106 Å². The van der Waals surface area contributed by atoms with Gasteiger partial charge in [-0.25, -0.2) is 4.98 Å². The number of carboxylic acid groups (broad SMARTS) is 2. The molecule has 1 aliphatic rings. The summed E-state index contributed by atoms with van der Waals surface area (Å²) in [5.74, 6) is -1.95. The molecule has 0 bridgehead atoms. The molecule has 0 amide bonds. The van der Waals surface area contributed by atoms with Crippen LogP contribution in [0.25, 0.3) is 0 Å². The zero-order valence-corrected chi connectivity index (χ0v) is 10.5. The lowest BCUT2D eigenvalue weighted by Gasteiger charge is -2.16. The van der Waals surface area contributed by atoms with Crippen molar-refractivity contribution in [2.45, 2.75) is 23.6 Å². The normalized spacial score (nSPS) is 18.7. The van der Waals surface area contributed by atoms with Gasteiger partial charge in [-0.15, -0.1) is 11.3 Å². The van der Waals surface area contributed by atoms with Crippen LogP contribution in [0, 0.1) is 5.92 Å². The molecular formula is C10H11NO4S2. The lowest BCUT2D eigenvalue weighted by Crippen LogP contribution is -2.21. The quantitative estimate of drug-likeness (QED) is 0.808. The number of hydrogen-bond donors (Lipinski definition) is 2. The Hall–Kier alpha value is -1.08. The van der Waals surface area contributed by atoms with Gasteiger partial charge in [-0.2, -0.15) is 0 Å². The van der Waals surface area contributed by atoms with Crippen molar-refractivity contribution in [1.82, 2.24) is 4.98 Å². The Bertz CT molecular complexity index is 457. The second kappa shape index (κ2) is 5.05. The number of aryl methyl sites for hydroxylation is 1. The van der Waals surface area contributed by atoms with Crippen molar-refractivity contribution in [3.63, 3.8) is 0 Å². The number of thioether (sulfide) groups is 1. The van der Waals surface area contributed by atoms with Crippen LogP contribution >= 0.6 is 23.1 Å². The number of thiazole rings is 1. The number of aliphatic carboxylic acids is 2. The number of rotatable bonds is 4. The van der Waals surface area contributed by atoms with Gasteiger partial charge >= 0.3 is 11.9 Å². The third-order valence-electron chi connectivity index (χ3n) is 2.59. The topological polar surface area (TPSA) is 87.5 Å². The van der Waals surface area contributed by atoms with Crippen LogP contribution < -0.4 is 0 Å². The molecule has 0 aromatic carbocycles. The maximum absolute atomic E-state index is 10.9. The maximum Gasteiger partial charge on any atom is 0.313 e. The van der Waals surface area contributed by atoms with E-state index in [1.807, 2.05) is 0 Å². The van der Waals surface area contributed by atoms with Gasteiger partial charge in [-0.3, -0.25) is 9.59 Å². The highest BCUT2D eigenvalue weighted by molar-refractivity contribution is 8.01. The zero-order valence-electron chi connectivity index (χ0n) is 8.88. The van der Waals surface area contributed by atoms with Gasteiger partial charge in [0.2, 0.25) is 0 Å². The van der Waals surface area contributed by atoms with Gasteiger partial charge in [-0.05, 0) is 19.3 Å². The summed E-state index contributed by atoms with van der Waals surface area (Å²) in [7, 11) is 0. The molecule has 5 nitrogen and oxygen atoms in total. The molecule has 1 aliphatic carbocycles. The number of hydrogen-bond acceptors (Lipinski definition) is 5. The summed E-state index contributed by atoms with van der Waals surface area (Å²) in [5.41, 5.74) is 0.945. The van der Waals surface area contributed by atoms with Crippen molar-refractivity contribution >= 4 is 35.0 Å². The molecule has 1 aromatic heterocycles. The molecular weight excluding hydrogens is 262 g/mol. The first kappa shape index (κ1) is 12.4. The molecule has 1 atom stereocenters. The van der Waals surface area contributed by atoms with Gasteiger partial charge in [0.15, 0.2) is 4.34 Å². The molecule has 7 heteroatoms. The van der Waals surface area contributed by atoms with Crippen LogP contribution in [0.15, 0.2) is 4.34 Å². The fourth-order valence-electron chi connectivity index (χ4n) is 1.75. The Balaban J connectivity index is 2.06. The van der Waals surface area contributed by atoms with Crippen LogP contribution in [0.2, 0.25) is 0 Å². The number of carbonyl (C=O) groups is 2. The highest BCUT2D eigenvalue weighted by Gasteiger charge is 2.27. The van der Waals surface area contributed by atoms with Crippen LogP contribution in [0.3, 0.4) is 0 Å². The lowest BCUT2D eigenvalue weighted by atomic mass is 9.91. The van der Waals surface area contributed by atoms with Crippen molar-refractivity contribution in [3.8, 4) is 0 Å². The number of carboxylic acids is 2. The van der Waals surface area contributed by atoms with Gasteiger partial charge in [0, 0.05) is 4.88 Å². The van der Waals surface area contributed by atoms with Gasteiger partial charge in [0.05, 0.1) is 17.4 Å². The fraction of sp³-hybridized carbons (Fsp3) is 0.500. The summed E-state index contributed by atoms with van der Waals surface area (Å²) in [5, 5.41) is 17.5. The van der Waals surface area contributed by atoms with Crippen LogP contribution in [0.4, 0.5) is 0 Å². The summed E-state index contributed by atoms with van der Waals surface area (Å²) in [6.07, 6.45) is 1.82. The third-order valence-corrected chi connectivity index (χ3v) is 4.84. The summed E-state index contributed by atoms with van der Waals surface area (Å²) < 4.78 is 0.725. The molecule has 1 aromatic rings. The number of aromatic nitrogens is 1. The summed E-state index contributed by atoms with van der Waals surface area (Å²) >= 11 is 2.62. The van der Waals surface area contributed by atoms with E-state index in [2.05, 4.69) is 4.98 Å². The van der Waals surface area contributed by atoms with Crippen molar-refractivity contribution < 1.29 is 19.8 Å². The minimum atomic E-state index is -0.869. The van der Waals surface area contributed by atoms with Gasteiger partial charge in [-0.1, -0.05) is 11.8 Å². The minimum Gasteiger partial charge on any atom is -0.481 e. The highest BCUT2D eigenvalue weighted by atomic mass is 32.2. The van der Waals surface area contributed by atoms with E-state index in [-0.39, 0.29) is 11.7 Å². The monoisotopic (exact) mass is 273 g/mol. The van der Waals surface area contributed by atoms with Crippen LogP contribution in [0.1, 0.15) is 17.0 Å². The summed E-state index contributed by atoms with van der Waals surface area (Å²) in [4.78, 5) is 26.7. The van der Waals surface area contributed by atoms with E-state index in [0.29, 0.717) is 19.3 Å². The maximum atomic E-state index is 10.9. The van der Waals surface area contributed by atoms with E-state index < -0.39 is 11.9 Å². The van der Waals surface area contributed by atoms with Crippen molar-refractivity contribution in [2.75, 3.05) is 5.75 Å². The first-order valence-corrected chi connectivity index (χ1v) is 6.92. The van der Waals surface area contributed by atoms with E-state index in [1.54, 1.807) is 0 Å². The Morgan fingerprint density at radius 1 is 1.47 bits per heavy atom. The first-order chi connectivity index (χ1) is 8.06. The van der Waals surface area contributed by atoms with E-state index in [1.165, 1.54) is 23.1 Å². The van der Waals surface area contributed by atoms with E-state index in [0.717, 1.165) is 14.9 Å². The molecule has 0 unspecified atom stereocenters. The van der Waals surface area contributed by atoms with Crippen molar-refractivity contribution in [2.24, 2.45) is 5.92 Å². The third kappa shape index (κ3) is 2.98. The Morgan fingerprint density at radius 3 is 2.88 bits per heavy atom. The van der Waals surface area contributed by atoms with Gasteiger partial charge < -0.3 is 10.2 Å². The van der Waals surface area contributed by atoms with Crippen LogP contribution in [0.5, 0.6) is 0 Å². The predicted molar refractivity (Wildman–Crippen MR) is 63.6 cm³/mol. The second-order valence-electron chi connectivity index (χ2n) is 3.81. The lowest BCUT2D eigenvalue weighted by molar-refractivity contribution is -0.142. The van der Waals surface area contributed by atoms with Crippen LogP contribution in [-0.2, 0) is 22.4 Å². The summed E-state index contributed by atoms with van der Waals surface area (Å²) in [6, 6.07) is 0. The van der Waals surface area contributed by atoms with E-state index >= 15 is 0 Å².